The third-order valence-electron chi connectivity index (χ3n) is 4.63. The van der Waals surface area contributed by atoms with Gasteiger partial charge in [0, 0.05) is 11.1 Å². The largest absolute Gasteiger partial charge is 0.497 e. The quantitative estimate of drug-likeness (QED) is 0.762. The topological polar surface area (TPSA) is 62.3 Å². The van der Waals surface area contributed by atoms with E-state index in [1.165, 1.54) is 5.56 Å². The maximum absolute atomic E-state index is 11.8. The molecular weight excluding hydrogens is 302 g/mol. The molecule has 0 saturated carbocycles. The van der Waals surface area contributed by atoms with Crippen LogP contribution in [0.4, 0.5) is 0 Å². The summed E-state index contributed by atoms with van der Waals surface area (Å²) in [7, 11) is 1.62. The fourth-order valence-electron chi connectivity index (χ4n) is 3.50. The van der Waals surface area contributed by atoms with Crippen molar-refractivity contribution in [3.8, 4) is 28.1 Å². The Labute approximate surface area is 139 Å². The molecule has 2 N–H and O–H groups in total. The third kappa shape index (κ3) is 2.19. The Hall–Kier alpha value is -3.01. The van der Waals surface area contributed by atoms with Gasteiger partial charge in [0.05, 0.1) is 12.8 Å². The maximum atomic E-state index is 11.8. The highest BCUT2D eigenvalue weighted by Crippen LogP contribution is 2.41. The Balaban J connectivity index is 1.94. The Morgan fingerprint density at radius 1 is 1.08 bits per heavy atom. The highest BCUT2D eigenvalue weighted by Gasteiger charge is 2.27. The molecule has 0 aliphatic heterocycles. The number of carbonyl (C=O) groups is 1. The van der Waals surface area contributed by atoms with Crippen LogP contribution in [0.2, 0.25) is 0 Å². The van der Waals surface area contributed by atoms with Crippen LogP contribution in [0.25, 0.3) is 22.4 Å². The number of carboxylic acids is 1. The number of H-pyrrole nitrogens is 1. The number of fused-ring (bicyclic) bond motifs is 3. The highest BCUT2D eigenvalue weighted by atomic mass is 16.5. The van der Waals surface area contributed by atoms with Gasteiger partial charge in [0.15, 0.2) is 0 Å². The smallest absolute Gasteiger partial charge is 0.352 e. The molecule has 0 unspecified atom stereocenters. The first-order valence-electron chi connectivity index (χ1n) is 7.90. The van der Waals surface area contributed by atoms with Gasteiger partial charge in [0.25, 0.3) is 0 Å². The summed E-state index contributed by atoms with van der Waals surface area (Å²) in [5.74, 6) is -0.182. The molecule has 1 heterocycles. The second-order valence-corrected chi connectivity index (χ2v) is 5.92. The first-order valence-corrected chi connectivity index (χ1v) is 7.90. The van der Waals surface area contributed by atoms with Gasteiger partial charge in [-0.15, -0.1) is 0 Å². The van der Waals surface area contributed by atoms with E-state index in [9.17, 15) is 9.90 Å². The summed E-state index contributed by atoms with van der Waals surface area (Å²) in [6, 6.07) is 15.7. The molecule has 4 heteroatoms. The minimum atomic E-state index is -0.937. The van der Waals surface area contributed by atoms with E-state index in [1.54, 1.807) is 7.11 Å². The number of aromatic carboxylic acids is 1. The second-order valence-electron chi connectivity index (χ2n) is 5.92. The van der Waals surface area contributed by atoms with Crippen LogP contribution in [0, 0.1) is 0 Å². The summed E-state index contributed by atoms with van der Waals surface area (Å²) in [6.45, 7) is 0. The molecule has 3 aromatic rings. The standard InChI is InChI=1S/C20H17NO3/c1-24-14-9-6-13(7-10-14)17-16-11-8-12-4-2-3-5-15(12)18(16)21-19(17)20(22)23/h2-7,9-10,21H,8,11H2,1H3,(H,22,23). The van der Waals surface area contributed by atoms with Crippen LogP contribution in [0.5, 0.6) is 5.75 Å². The lowest BCUT2D eigenvalue weighted by molar-refractivity contribution is 0.0692. The van der Waals surface area contributed by atoms with Crippen molar-refractivity contribution >= 4 is 5.97 Å². The number of nitrogens with one attached hydrogen (secondary N) is 1. The molecule has 2 aromatic carbocycles. The van der Waals surface area contributed by atoms with E-state index in [0.717, 1.165) is 46.5 Å². The van der Waals surface area contributed by atoms with Crippen molar-refractivity contribution in [3.05, 3.63) is 65.4 Å². The van der Waals surface area contributed by atoms with Gasteiger partial charge in [-0.05, 0) is 41.7 Å². The molecule has 1 aromatic heterocycles. The molecule has 0 atom stereocenters. The summed E-state index contributed by atoms with van der Waals surface area (Å²) in [5, 5.41) is 9.67. The Morgan fingerprint density at radius 3 is 2.54 bits per heavy atom. The molecule has 1 aliphatic carbocycles. The molecule has 120 valence electrons. The predicted octanol–water partition coefficient (Wildman–Crippen LogP) is 4.15. The van der Waals surface area contributed by atoms with Crippen molar-refractivity contribution in [1.29, 1.82) is 0 Å². The minimum Gasteiger partial charge on any atom is -0.497 e. The Bertz CT molecular complexity index is 923. The van der Waals surface area contributed by atoms with Crippen LogP contribution in [0.15, 0.2) is 48.5 Å². The van der Waals surface area contributed by atoms with Crippen molar-refractivity contribution in [2.24, 2.45) is 0 Å². The summed E-state index contributed by atoms with van der Waals surface area (Å²) in [4.78, 5) is 14.9. The van der Waals surface area contributed by atoms with Crippen molar-refractivity contribution in [2.45, 2.75) is 12.8 Å². The monoisotopic (exact) mass is 319 g/mol. The predicted molar refractivity (Wildman–Crippen MR) is 92.6 cm³/mol. The van der Waals surface area contributed by atoms with Gasteiger partial charge >= 0.3 is 5.97 Å². The van der Waals surface area contributed by atoms with Gasteiger partial charge in [-0.2, -0.15) is 0 Å². The van der Waals surface area contributed by atoms with E-state index < -0.39 is 5.97 Å². The van der Waals surface area contributed by atoms with E-state index in [0.29, 0.717) is 0 Å². The molecule has 0 amide bonds. The number of aromatic amines is 1. The number of aromatic nitrogens is 1. The lowest BCUT2D eigenvalue weighted by Gasteiger charge is -2.17. The number of rotatable bonds is 3. The van der Waals surface area contributed by atoms with Crippen LogP contribution in [-0.4, -0.2) is 23.2 Å². The molecular formula is C20H17NO3. The van der Waals surface area contributed by atoms with E-state index in [4.69, 9.17) is 4.74 Å². The van der Waals surface area contributed by atoms with Crippen LogP contribution in [0.1, 0.15) is 21.6 Å². The van der Waals surface area contributed by atoms with Crippen LogP contribution < -0.4 is 4.74 Å². The molecule has 24 heavy (non-hydrogen) atoms. The van der Waals surface area contributed by atoms with E-state index >= 15 is 0 Å². The van der Waals surface area contributed by atoms with Gasteiger partial charge < -0.3 is 14.8 Å². The van der Waals surface area contributed by atoms with Crippen molar-refractivity contribution in [3.63, 3.8) is 0 Å². The van der Waals surface area contributed by atoms with Crippen LogP contribution >= 0.6 is 0 Å². The van der Waals surface area contributed by atoms with Gasteiger partial charge in [-0.3, -0.25) is 0 Å². The van der Waals surface area contributed by atoms with Gasteiger partial charge in [0.1, 0.15) is 11.4 Å². The van der Waals surface area contributed by atoms with E-state index in [1.807, 2.05) is 42.5 Å². The summed E-state index contributed by atoms with van der Waals surface area (Å²) in [5.41, 5.74) is 6.29. The van der Waals surface area contributed by atoms with E-state index in [-0.39, 0.29) is 5.69 Å². The zero-order valence-corrected chi connectivity index (χ0v) is 13.3. The molecule has 4 nitrogen and oxygen atoms in total. The SMILES string of the molecule is COc1ccc(-c2c(C(=O)O)[nH]c3c2CCc2ccccc2-3)cc1. The summed E-state index contributed by atoms with van der Waals surface area (Å²) >= 11 is 0. The fraction of sp³-hybridized carbons (Fsp3) is 0.150. The van der Waals surface area contributed by atoms with Gasteiger partial charge in [-0.1, -0.05) is 36.4 Å². The Morgan fingerprint density at radius 2 is 1.83 bits per heavy atom. The molecule has 0 saturated heterocycles. The molecule has 0 bridgehead atoms. The van der Waals surface area contributed by atoms with Crippen LogP contribution in [0.3, 0.4) is 0 Å². The number of aryl methyl sites for hydroxylation is 1. The zero-order chi connectivity index (χ0) is 16.7. The van der Waals surface area contributed by atoms with Crippen molar-refractivity contribution < 1.29 is 14.6 Å². The number of hydrogen-bond acceptors (Lipinski definition) is 2. The number of ether oxygens (including phenoxy) is 1. The van der Waals surface area contributed by atoms with Crippen LogP contribution in [-0.2, 0) is 12.8 Å². The van der Waals surface area contributed by atoms with Crippen molar-refractivity contribution in [2.75, 3.05) is 7.11 Å². The number of hydrogen-bond donors (Lipinski definition) is 2. The van der Waals surface area contributed by atoms with E-state index in [2.05, 4.69) is 11.1 Å². The van der Waals surface area contributed by atoms with Gasteiger partial charge in [0.2, 0.25) is 0 Å². The average Bonchev–Trinajstić information content (AvgIpc) is 3.02. The lowest BCUT2D eigenvalue weighted by atomic mass is 9.87. The summed E-state index contributed by atoms with van der Waals surface area (Å²) in [6.07, 6.45) is 1.75. The average molecular weight is 319 g/mol. The first kappa shape index (κ1) is 14.6. The molecule has 0 spiro atoms. The maximum Gasteiger partial charge on any atom is 0.352 e. The molecule has 0 fully saturated rings. The lowest BCUT2D eigenvalue weighted by Crippen LogP contribution is -2.03. The third-order valence-corrected chi connectivity index (χ3v) is 4.63. The zero-order valence-electron chi connectivity index (χ0n) is 13.3. The summed E-state index contributed by atoms with van der Waals surface area (Å²) < 4.78 is 5.20. The number of benzene rings is 2. The number of methoxy groups -OCH3 is 1. The highest BCUT2D eigenvalue weighted by molar-refractivity contribution is 5.98. The Kier molecular flexibility index (Phi) is 3.38. The molecule has 4 rings (SSSR count). The normalized spacial score (nSPS) is 12.4. The van der Waals surface area contributed by atoms with Gasteiger partial charge in [-0.25, -0.2) is 4.79 Å². The minimum absolute atomic E-state index is 0.252. The number of carboxylic acid groups (broad SMARTS) is 1. The second kappa shape index (κ2) is 5.57. The van der Waals surface area contributed by atoms with Crippen molar-refractivity contribution in [1.82, 2.24) is 4.98 Å². The molecule has 1 aliphatic rings. The molecule has 0 radical (unpaired) electrons. The fourth-order valence-corrected chi connectivity index (χ4v) is 3.50. The first-order chi connectivity index (χ1) is 11.7.